The summed E-state index contributed by atoms with van der Waals surface area (Å²) in [4.78, 5) is 29.4. The molecule has 1 amide bonds. The number of aryl methyl sites for hydroxylation is 1. The second kappa shape index (κ2) is 8.45. The van der Waals surface area contributed by atoms with Crippen molar-refractivity contribution in [3.63, 3.8) is 0 Å². The van der Waals surface area contributed by atoms with Gasteiger partial charge in [0.1, 0.15) is 23.8 Å². The Morgan fingerprint density at radius 3 is 2.90 bits per heavy atom. The number of aromatic nitrogens is 1. The fraction of sp³-hybridized carbons (Fsp3) is 0.227. The molecule has 1 aliphatic heterocycles. The highest BCUT2D eigenvalue weighted by Gasteiger charge is 2.26. The number of hydrogen-bond acceptors (Lipinski definition) is 6. The minimum absolute atomic E-state index is 0.0466. The van der Waals surface area contributed by atoms with Gasteiger partial charge in [-0.1, -0.05) is 11.6 Å². The number of oxazole rings is 1. The van der Waals surface area contributed by atoms with Crippen LogP contribution in [0.4, 0.5) is 0 Å². The molecule has 154 valence electrons. The Balaban J connectivity index is 1.39. The summed E-state index contributed by atoms with van der Waals surface area (Å²) in [5.74, 6) is 1.00. The molecule has 3 heterocycles. The van der Waals surface area contributed by atoms with E-state index in [0.29, 0.717) is 40.2 Å². The second-order valence-electron chi connectivity index (χ2n) is 6.98. The molecule has 6 nitrogen and oxygen atoms in total. The van der Waals surface area contributed by atoms with Crippen molar-refractivity contribution in [2.45, 2.75) is 26.4 Å². The number of amides is 1. The fourth-order valence-corrected chi connectivity index (χ4v) is 4.39. The van der Waals surface area contributed by atoms with Gasteiger partial charge in [0.2, 0.25) is 5.91 Å². The van der Waals surface area contributed by atoms with Gasteiger partial charge in [-0.2, -0.15) is 0 Å². The first kappa shape index (κ1) is 20.4. The van der Waals surface area contributed by atoms with Gasteiger partial charge < -0.3 is 14.5 Å². The summed E-state index contributed by atoms with van der Waals surface area (Å²) in [5, 5.41) is 3.35. The molecule has 1 aliphatic rings. The number of carbonyl (C=O) groups excluding carboxylic acids is 2. The number of Topliss-reactive ketones (excluding diaryl/α,β-unsaturated/α-hetero) is 1. The van der Waals surface area contributed by atoms with Gasteiger partial charge >= 0.3 is 0 Å². The lowest BCUT2D eigenvalue weighted by Crippen LogP contribution is -2.33. The van der Waals surface area contributed by atoms with Gasteiger partial charge in [-0.3, -0.25) is 9.59 Å². The minimum Gasteiger partial charge on any atom is -0.486 e. The van der Waals surface area contributed by atoms with Crippen molar-refractivity contribution in [1.82, 2.24) is 10.3 Å². The van der Waals surface area contributed by atoms with Crippen LogP contribution in [-0.4, -0.2) is 29.3 Å². The first-order valence-corrected chi connectivity index (χ1v) is 10.6. The molecule has 8 heteroatoms. The van der Waals surface area contributed by atoms with Crippen LogP contribution in [0.2, 0.25) is 5.02 Å². The zero-order chi connectivity index (χ0) is 21.3. The topological polar surface area (TPSA) is 81.4 Å². The third kappa shape index (κ3) is 4.47. The van der Waals surface area contributed by atoms with E-state index in [2.05, 4.69) is 10.3 Å². The van der Waals surface area contributed by atoms with E-state index in [0.717, 1.165) is 16.0 Å². The monoisotopic (exact) mass is 442 g/mol. The number of nitrogens with zero attached hydrogens (tertiary/aromatic N) is 1. The molecule has 0 radical (unpaired) electrons. The lowest BCUT2D eigenvalue weighted by Gasteiger charge is -2.11. The number of rotatable bonds is 6. The molecular formula is C22H19ClN2O4S. The van der Waals surface area contributed by atoms with Gasteiger partial charge in [0.25, 0.3) is 0 Å². The van der Waals surface area contributed by atoms with Crippen LogP contribution in [0, 0.1) is 6.92 Å². The summed E-state index contributed by atoms with van der Waals surface area (Å²) in [7, 11) is 0. The number of benzene rings is 1. The summed E-state index contributed by atoms with van der Waals surface area (Å²) in [6, 6.07) is 7.63. The molecule has 2 aromatic heterocycles. The maximum atomic E-state index is 12.1. The summed E-state index contributed by atoms with van der Waals surface area (Å²) in [6.45, 7) is 3.65. The van der Waals surface area contributed by atoms with Crippen molar-refractivity contribution in [2.75, 3.05) is 6.54 Å². The maximum Gasteiger partial charge on any atom is 0.244 e. The zero-order valence-electron chi connectivity index (χ0n) is 16.4. The van der Waals surface area contributed by atoms with Gasteiger partial charge in [0, 0.05) is 29.9 Å². The highest BCUT2D eigenvalue weighted by atomic mass is 35.5. The van der Waals surface area contributed by atoms with Crippen LogP contribution < -0.4 is 10.1 Å². The van der Waals surface area contributed by atoms with Crippen LogP contribution in [0.15, 0.2) is 41.0 Å². The highest BCUT2D eigenvalue weighted by Crippen LogP contribution is 2.41. The summed E-state index contributed by atoms with van der Waals surface area (Å²) in [6.07, 6.45) is 4.93. The number of fused-ring (bicyclic) bond motifs is 1. The van der Waals surface area contributed by atoms with Crippen LogP contribution in [0.3, 0.4) is 0 Å². The Labute approximate surface area is 182 Å². The minimum atomic E-state index is -0.239. The van der Waals surface area contributed by atoms with Crippen LogP contribution in [-0.2, 0) is 11.2 Å². The number of halogens is 1. The van der Waals surface area contributed by atoms with Crippen molar-refractivity contribution in [3.8, 4) is 16.2 Å². The number of nitrogens with one attached hydrogen (secondary N) is 1. The summed E-state index contributed by atoms with van der Waals surface area (Å²) >= 11 is 7.88. The van der Waals surface area contributed by atoms with Crippen molar-refractivity contribution < 1.29 is 18.7 Å². The Morgan fingerprint density at radius 1 is 1.37 bits per heavy atom. The highest BCUT2D eigenvalue weighted by molar-refractivity contribution is 7.17. The molecule has 0 saturated heterocycles. The van der Waals surface area contributed by atoms with E-state index in [1.54, 1.807) is 19.9 Å². The molecule has 0 fully saturated rings. The van der Waals surface area contributed by atoms with E-state index in [-0.39, 0.29) is 17.8 Å². The fourth-order valence-electron chi connectivity index (χ4n) is 3.22. The van der Waals surface area contributed by atoms with Crippen molar-refractivity contribution in [3.05, 3.63) is 63.7 Å². The SMILES string of the molecule is CC(=O)c1ccc(-c2cc(Cl)c3c(c2)CC(CNC(=O)/C=C\c2coc(C)n2)O3)s1. The average molecular weight is 443 g/mol. The molecule has 0 saturated carbocycles. The van der Waals surface area contributed by atoms with Crippen LogP contribution in [0.1, 0.15) is 33.7 Å². The third-order valence-corrected chi connectivity index (χ3v) is 6.15. The number of ether oxygens (including phenoxy) is 1. The molecule has 1 atom stereocenters. The lowest BCUT2D eigenvalue weighted by molar-refractivity contribution is -0.116. The van der Waals surface area contributed by atoms with E-state index < -0.39 is 0 Å². The molecule has 1 unspecified atom stereocenters. The largest absolute Gasteiger partial charge is 0.486 e. The molecule has 1 N–H and O–H groups in total. The molecule has 0 aliphatic carbocycles. The number of ketones is 1. The van der Waals surface area contributed by atoms with Gasteiger partial charge in [0.15, 0.2) is 11.7 Å². The number of carbonyl (C=O) groups is 2. The molecule has 4 rings (SSSR count). The Morgan fingerprint density at radius 2 is 2.20 bits per heavy atom. The maximum absolute atomic E-state index is 12.1. The van der Waals surface area contributed by atoms with Crippen LogP contribution >= 0.6 is 22.9 Å². The summed E-state index contributed by atoms with van der Waals surface area (Å²) in [5.41, 5.74) is 2.53. The van der Waals surface area contributed by atoms with Gasteiger partial charge in [0.05, 0.1) is 16.4 Å². The lowest BCUT2D eigenvalue weighted by atomic mass is 10.1. The average Bonchev–Trinajstić information content (AvgIpc) is 3.43. The van der Waals surface area contributed by atoms with Gasteiger partial charge in [-0.05, 0) is 42.8 Å². The predicted octanol–water partition coefficient (Wildman–Crippen LogP) is 4.70. The Kier molecular flexibility index (Phi) is 5.74. The molecule has 1 aromatic carbocycles. The van der Waals surface area contributed by atoms with Crippen molar-refractivity contribution in [2.24, 2.45) is 0 Å². The molecular weight excluding hydrogens is 424 g/mol. The summed E-state index contributed by atoms with van der Waals surface area (Å²) < 4.78 is 11.0. The Hall–Kier alpha value is -2.90. The van der Waals surface area contributed by atoms with Crippen molar-refractivity contribution >= 4 is 40.7 Å². The quantitative estimate of drug-likeness (QED) is 0.442. The van der Waals surface area contributed by atoms with E-state index in [9.17, 15) is 9.59 Å². The zero-order valence-corrected chi connectivity index (χ0v) is 18.0. The number of hydrogen-bond donors (Lipinski definition) is 1. The standard InChI is InChI=1S/C22H19ClN2O4S/c1-12(26)19-4-5-20(30-19)14-7-15-8-17(29-22(15)18(23)9-14)10-24-21(27)6-3-16-11-28-13(2)25-16/h3-7,9,11,17H,8,10H2,1-2H3,(H,24,27)/b6-3-. The van der Waals surface area contributed by atoms with E-state index in [1.165, 1.54) is 23.7 Å². The molecule has 3 aromatic rings. The molecule has 0 spiro atoms. The smallest absolute Gasteiger partial charge is 0.244 e. The van der Waals surface area contributed by atoms with Crippen LogP contribution in [0.5, 0.6) is 5.75 Å². The predicted molar refractivity (Wildman–Crippen MR) is 116 cm³/mol. The second-order valence-corrected chi connectivity index (χ2v) is 8.47. The van der Waals surface area contributed by atoms with Crippen molar-refractivity contribution in [1.29, 1.82) is 0 Å². The first-order chi connectivity index (χ1) is 14.4. The molecule has 30 heavy (non-hydrogen) atoms. The van der Waals surface area contributed by atoms with Gasteiger partial charge in [-0.15, -0.1) is 11.3 Å². The normalized spacial score (nSPS) is 15.2. The number of thiophene rings is 1. The first-order valence-electron chi connectivity index (χ1n) is 9.37. The van der Waals surface area contributed by atoms with Gasteiger partial charge in [-0.25, -0.2) is 4.98 Å². The Bertz CT molecular complexity index is 1150. The van der Waals surface area contributed by atoms with Crippen LogP contribution in [0.25, 0.3) is 16.5 Å². The molecule has 0 bridgehead atoms. The van der Waals surface area contributed by atoms with E-state index in [4.69, 9.17) is 20.8 Å². The van der Waals surface area contributed by atoms with E-state index in [1.807, 2.05) is 24.3 Å². The third-order valence-electron chi connectivity index (χ3n) is 4.64. The van der Waals surface area contributed by atoms with E-state index >= 15 is 0 Å².